The summed E-state index contributed by atoms with van der Waals surface area (Å²) in [5.74, 6) is -0.599. The number of carbonyl (C=O) groups is 1. The van der Waals surface area contributed by atoms with Crippen molar-refractivity contribution in [1.29, 1.82) is 0 Å². The maximum atomic E-state index is 11.8. The van der Waals surface area contributed by atoms with Crippen molar-refractivity contribution in [3.63, 3.8) is 0 Å². The normalized spacial score (nSPS) is 10.7. The van der Waals surface area contributed by atoms with Gasteiger partial charge in [-0.15, -0.1) is 0 Å². The standard InChI is InChI=1S/C14H22N2O3/c1-3-8-16(4-2)9-7-15-14(19)12-6-5-11(17)10-13(12)18/h5-6,10,17-18H,3-4,7-9H2,1-2H3,(H,15,19). The molecule has 0 bridgehead atoms. The first-order chi connectivity index (χ1) is 9.08. The minimum atomic E-state index is -0.329. The van der Waals surface area contributed by atoms with Crippen LogP contribution in [-0.2, 0) is 0 Å². The quantitative estimate of drug-likeness (QED) is 0.700. The molecule has 0 saturated heterocycles. The zero-order valence-corrected chi connectivity index (χ0v) is 11.5. The van der Waals surface area contributed by atoms with Gasteiger partial charge >= 0.3 is 0 Å². The van der Waals surface area contributed by atoms with E-state index >= 15 is 0 Å². The smallest absolute Gasteiger partial charge is 0.255 e. The molecule has 0 aliphatic carbocycles. The number of hydrogen-bond acceptors (Lipinski definition) is 4. The maximum Gasteiger partial charge on any atom is 0.255 e. The number of nitrogens with one attached hydrogen (secondary N) is 1. The molecule has 1 rings (SSSR count). The summed E-state index contributed by atoms with van der Waals surface area (Å²) < 4.78 is 0. The summed E-state index contributed by atoms with van der Waals surface area (Å²) in [6.45, 7) is 7.49. The minimum absolute atomic E-state index is 0.0610. The molecular weight excluding hydrogens is 244 g/mol. The molecule has 0 fully saturated rings. The van der Waals surface area contributed by atoms with Crippen LogP contribution in [0.4, 0.5) is 0 Å². The highest BCUT2D eigenvalue weighted by Gasteiger charge is 2.11. The van der Waals surface area contributed by atoms with Crippen molar-refractivity contribution in [3.8, 4) is 11.5 Å². The van der Waals surface area contributed by atoms with Crippen LogP contribution in [0.5, 0.6) is 11.5 Å². The number of phenolic OH excluding ortho intramolecular Hbond substituents is 2. The monoisotopic (exact) mass is 266 g/mol. The van der Waals surface area contributed by atoms with Gasteiger partial charge in [0.05, 0.1) is 5.56 Å². The number of aromatic hydroxyl groups is 2. The second-order valence-corrected chi connectivity index (χ2v) is 4.39. The molecule has 1 aromatic carbocycles. The molecule has 0 aliphatic heterocycles. The zero-order valence-electron chi connectivity index (χ0n) is 11.5. The van der Waals surface area contributed by atoms with Crippen LogP contribution in [0.3, 0.4) is 0 Å². The molecule has 0 aliphatic rings. The predicted octanol–water partition coefficient (Wildman–Crippen LogP) is 1.56. The van der Waals surface area contributed by atoms with Crippen LogP contribution in [-0.4, -0.2) is 47.2 Å². The van der Waals surface area contributed by atoms with E-state index in [-0.39, 0.29) is 23.0 Å². The van der Waals surface area contributed by atoms with Gasteiger partial charge in [0.15, 0.2) is 0 Å². The van der Waals surface area contributed by atoms with Crippen molar-refractivity contribution in [3.05, 3.63) is 23.8 Å². The molecule has 0 aromatic heterocycles. The van der Waals surface area contributed by atoms with E-state index in [4.69, 9.17) is 5.11 Å². The summed E-state index contributed by atoms with van der Waals surface area (Å²) in [5, 5.41) is 21.5. The average molecular weight is 266 g/mol. The molecule has 0 heterocycles. The summed E-state index contributed by atoms with van der Waals surface area (Å²) in [5.41, 5.74) is 0.177. The number of benzene rings is 1. The number of carbonyl (C=O) groups excluding carboxylic acids is 1. The number of rotatable bonds is 7. The van der Waals surface area contributed by atoms with Gasteiger partial charge in [-0.05, 0) is 31.6 Å². The van der Waals surface area contributed by atoms with E-state index in [2.05, 4.69) is 24.1 Å². The van der Waals surface area contributed by atoms with Gasteiger partial charge in [0, 0.05) is 19.2 Å². The highest BCUT2D eigenvalue weighted by molar-refractivity contribution is 5.96. The maximum absolute atomic E-state index is 11.8. The van der Waals surface area contributed by atoms with Crippen molar-refractivity contribution in [2.45, 2.75) is 20.3 Å². The van der Waals surface area contributed by atoms with Crippen LogP contribution < -0.4 is 5.32 Å². The van der Waals surface area contributed by atoms with E-state index in [0.717, 1.165) is 32.1 Å². The number of hydrogen-bond donors (Lipinski definition) is 3. The van der Waals surface area contributed by atoms with E-state index < -0.39 is 0 Å². The lowest BCUT2D eigenvalue weighted by atomic mass is 10.2. The number of amides is 1. The molecule has 0 unspecified atom stereocenters. The topological polar surface area (TPSA) is 72.8 Å². The number of phenols is 2. The van der Waals surface area contributed by atoms with Crippen molar-refractivity contribution < 1.29 is 15.0 Å². The van der Waals surface area contributed by atoms with E-state index in [9.17, 15) is 9.90 Å². The summed E-state index contributed by atoms with van der Waals surface area (Å²) >= 11 is 0. The van der Waals surface area contributed by atoms with Gasteiger partial charge in [-0.3, -0.25) is 4.79 Å². The Morgan fingerprint density at radius 2 is 2.00 bits per heavy atom. The number of likely N-dealkylation sites (N-methyl/N-ethyl adjacent to an activating group) is 1. The highest BCUT2D eigenvalue weighted by Crippen LogP contribution is 2.22. The van der Waals surface area contributed by atoms with Crippen molar-refractivity contribution in [1.82, 2.24) is 10.2 Å². The van der Waals surface area contributed by atoms with Crippen molar-refractivity contribution in [2.75, 3.05) is 26.2 Å². The lowest BCUT2D eigenvalue weighted by molar-refractivity contribution is 0.0946. The molecule has 0 atom stereocenters. The lowest BCUT2D eigenvalue weighted by Gasteiger charge is -2.19. The Labute approximate surface area is 113 Å². The fraction of sp³-hybridized carbons (Fsp3) is 0.500. The number of nitrogens with zero attached hydrogens (tertiary/aromatic N) is 1. The van der Waals surface area contributed by atoms with Gasteiger partial charge in [-0.1, -0.05) is 13.8 Å². The second kappa shape index (κ2) is 7.63. The van der Waals surface area contributed by atoms with Crippen LogP contribution in [0.25, 0.3) is 0 Å². The molecule has 1 amide bonds. The fourth-order valence-corrected chi connectivity index (χ4v) is 1.88. The summed E-state index contributed by atoms with van der Waals surface area (Å²) in [4.78, 5) is 14.1. The minimum Gasteiger partial charge on any atom is -0.508 e. The van der Waals surface area contributed by atoms with Gasteiger partial charge < -0.3 is 20.4 Å². The summed E-state index contributed by atoms with van der Waals surface area (Å²) in [6.07, 6.45) is 1.08. The Kier molecular flexibility index (Phi) is 6.15. The third kappa shape index (κ3) is 4.79. The molecule has 106 valence electrons. The van der Waals surface area contributed by atoms with Crippen LogP contribution in [0.15, 0.2) is 18.2 Å². The molecule has 19 heavy (non-hydrogen) atoms. The zero-order chi connectivity index (χ0) is 14.3. The van der Waals surface area contributed by atoms with Gasteiger partial charge in [0.25, 0.3) is 5.91 Å². The third-order valence-corrected chi connectivity index (χ3v) is 2.93. The Balaban J connectivity index is 2.47. The molecule has 1 aromatic rings. The Hall–Kier alpha value is -1.75. The third-order valence-electron chi connectivity index (χ3n) is 2.93. The Bertz CT molecular complexity index is 421. The predicted molar refractivity (Wildman–Crippen MR) is 74.5 cm³/mol. The average Bonchev–Trinajstić information content (AvgIpc) is 2.37. The van der Waals surface area contributed by atoms with Crippen LogP contribution in [0.1, 0.15) is 30.6 Å². The van der Waals surface area contributed by atoms with E-state index in [0.29, 0.717) is 6.54 Å². The first kappa shape index (κ1) is 15.3. The van der Waals surface area contributed by atoms with Crippen molar-refractivity contribution >= 4 is 5.91 Å². The fourth-order valence-electron chi connectivity index (χ4n) is 1.88. The van der Waals surface area contributed by atoms with Crippen LogP contribution in [0.2, 0.25) is 0 Å². The Morgan fingerprint density at radius 1 is 1.26 bits per heavy atom. The molecule has 0 spiro atoms. The SMILES string of the molecule is CCCN(CC)CCNC(=O)c1ccc(O)cc1O. The van der Waals surface area contributed by atoms with Gasteiger partial charge in [-0.25, -0.2) is 0 Å². The molecule has 0 saturated carbocycles. The van der Waals surface area contributed by atoms with E-state index in [1.807, 2.05) is 0 Å². The lowest BCUT2D eigenvalue weighted by Crippen LogP contribution is -2.35. The molecule has 3 N–H and O–H groups in total. The van der Waals surface area contributed by atoms with Crippen LogP contribution in [0, 0.1) is 0 Å². The van der Waals surface area contributed by atoms with E-state index in [1.54, 1.807) is 0 Å². The summed E-state index contributed by atoms with van der Waals surface area (Å²) in [6, 6.07) is 3.94. The molecular formula is C14H22N2O3. The molecule has 5 nitrogen and oxygen atoms in total. The largest absolute Gasteiger partial charge is 0.508 e. The van der Waals surface area contributed by atoms with Gasteiger partial charge in [-0.2, -0.15) is 0 Å². The van der Waals surface area contributed by atoms with Gasteiger partial charge in [0.1, 0.15) is 11.5 Å². The molecule has 0 radical (unpaired) electrons. The van der Waals surface area contributed by atoms with Crippen LogP contribution >= 0.6 is 0 Å². The van der Waals surface area contributed by atoms with E-state index in [1.165, 1.54) is 12.1 Å². The summed E-state index contributed by atoms with van der Waals surface area (Å²) in [7, 11) is 0. The molecule has 5 heteroatoms. The first-order valence-electron chi connectivity index (χ1n) is 6.61. The highest BCUT2D eigenvalue weighted by atomic mass is 16.3. The van der Waals surface area contributed by atoms with Crippen molar-refractivity contribution in [2.24, 2.45) is 0 Å². The Morgan fingerprint density at radius 3 is 2.58 bits per heavy atom. The second-order valence-electron chi connectivity index (χ2n) is 4.39. The first-order valence-corrected chi connectivity index (χ1v) is 6.61. The van der Waals surface area contributed by atoms with Gasteiger partial charge in [0.2, 0.25) is 0 Å².